The van der Waals surface area contributed by atoms with E-state index in [4.69, 9.17) is 15.2 Å². The number of rotatable bonds is 4. The summed E-state index contributed by atoms with van der Waals surface area (Å²) in [6.45, 7) is 2.36. The number of hydrogen-bond acceptors (Lipinski definition) is 5. The Morgan fingerprint density at radius 3 is 2.65 bits per heavy atom. The summed E-state index contributed by atoms with van der Waals surface area (Å²) in [6, 6.07) is 12.2. The summed E-state index contributed by atoms with van der Waals surface area (Å²) >= 11 is 0. The van der Waals surface area contributed by atoms with Gasteiger partial charge in [0.25, 0.3) is 5.70 Å². The van der Waals surface area contributed by atoms with Gasteiger partial charge >= 0.3 is 0 Å². The average Bonchev–Trinajstić information content (AvgIpc) is 2.55. The normalized spacial score (nSPS) is 16.0. The molecule has 1 aliphatic heterocycles. The fourth-order valence-corrected chi connectivity index (χ4v) is 2.51. The molecule has 23 heavy (non-hydrogen) atoms. The molecule has 0 bridgehead atoms. The number of nitro groups is 1. The van der Waals surface area contributed by atoms with Gasteiger partial charge in [-0.2, -0.15) is 0 Å². The molecule has 0 aromatic heterocycles. The number of benzene rings is 2. The van der Waals surface area contributed by atoms with E-state index in [0.717, 1.165) is 0 Å². The van der Waals surface area contributed by atoms with Crippen molar-refractivity contribution in [3.05, 3.63) is 69.4 Å². The van der Waals surface area contributed by atoms with Crippen LogP contribution >= 0.6 is 0 Å². The summed E-state index contributed by atoms with van der Waals surface area (Å²) in [6.07, 6.45) is 0.724. The summed E-state index contributed by atoms with van der Waals surface area (Å²) in [5.41, 5.74) is 7.55. The predicted octanol–water partition coefficient (Wildman–Crippen LogP) is 3.42. The molecule has 1 unspecified atom stereocenters. The first-order valence-corrected chi connectivity index (χ1v) is 7.24. The highest BCUT2D eigenvalue weighted by Gasteiger charge is 2.34. The molecular weight excluding hydrogens is 296 g/mol. The molecule has 2 N–H and O–H groups in total. The van der Waals surface area contributed by atoms with Gasteiger partial charge in [0, 0.05) is 22.9 Å². The molecule has 2 aromatic rings. The highest BCUT2D eigenvalue weighted by molar-refractivity contribution is 5.66. The third-order valence-corrected chi connectivity index (χ3v) is 3.57. The Labute approximate surface area is 133 Å². The second-order valence-corrected chi connectivity index (χ2v) is 5.10. The van der Waals surface area contributed by atoms with Crippen LogP contribution < -0.4 is 15.2 Å². The van der Waals surface area contributed by atoms with E-state index in [1.807, 2.05) is 6.92 Å². The Kier molecular flexibility index (Phi) is 3.89. The fourth-order valence-electron chi connectivity index (χ4n) is 2.51. The molecule has 1 aliphatic rings. The van der Waals surface area contributed by atoms with Gasteiger partial charge in [0.05, 0.1) is 11.5 Å². The smallest absolute Gasteiger partial charge is 0.291 e. The highest BCUT2D eigenvalue weighted by atomic mass is 16.6. The van der Waals surface area contributed by atoms with Crippen LogP contribution in [0.25, 0.3) is 6.08 Å². The molecular formula is C17H16N2O4. The Morgan fingerprint density at radius 1 is 1.26 bits per heavy atom. The molecule has 0 fully saturated rings. The minimum atomic E-state index is -0.806. The van der Waals surface area contributed by atoms with E-state index in [0.29, 0.717) is 34.9 Å². The van der Waals surface area contributed by atoms with Crippen molar-refractivity contribution >= 4 is 11.8 Å². The molecule has 0 spiro atoms. The van der Waals surface area contributed by atoms with Crippen molar-refractivity contribution in [3.63, 3.8) is 0 Å². The summed E-state index contributed by atoms with van der Waals surface area (Å²) in [5.74, 6) is 1.09. The molecule has 0 amide bonds. The summed E-state index contributed by atoms with van der Waals surface area (Å²) in [5, 5.41) is 11.4. The van der Waals surface area contributed by atoms with Crippen LogP contribution in [0, 0.1) is 10.1 Å². The number of anilines is 1. The van der Waals surface area contributed by atoms with Gasteiger partial charge in [-0.1, -0.05) is 24.3 Å². The number of hydrogen-bond donors (Lipinski definition) is 1. The number of ether oxygens (including phenoxy) is 2. The van der Waals surface area contributed by atoms with E-state index in [1.54, 1.807) is 42.5 Å². The highest BCUT2D eigenvalue weighted by Crippen LogP contribution is 2.42. The Morgan fingerprint density at radius 2 is 2.00 bits per heavy atom. The van der Waals surface area contributed by atoms with E-state index in [2.05, 4.69) is 0 Å². The zero-order valence-electron chi connectivity index (χ0n) is 12.6. The maximum absolute atomic E-state index is 11.4. The molecule has 1 atom stereocenters. The van der Waals surface area contributed by atoms with Gasteiger partial charge in [-0.15, -0.1) is 0 Å². The molecule has 118 valence electrons. The molecule has 2 aromatic carbocycles. The van der Waals surface area contributed by atoms with Crippen LogP contribution in [0.1, 0.15) is 24.2 Å². The summed E-state index contributed by atoms with van der Waals surface area (Å²) in [4.78, 5) is 11.0. The lowest BCUT2D eigenvalue weighted by Gasteiger charge is -2.24. The fraction of sp³-hybridized carbons (Fsp3) is 0.176. The van der Waals surface area contributed by atoms with Crippen molar-refractivity contribution in [3.8, 4) is 11.5 Å². The maximum Gasteiger partial charge on any atom is 0.291 e. The van der Waals surface area contributed by atoms with Crippen molar-refractivity contribution in [1.82, 2.24) is 0 Å². The molecule has 6 heteroatoms. The zero-order valence-corrected chi connectivity index (χ0v) is 12.6. The number of nitrogens with two attached hydrogens (primary N) is 1. The standard InChI is InChI=1S/C17H16N2O4/c1-2-22-15-5-3-4-12-10-14(19(20)21)16(23-17(12)15)11-6-8-13(18)9-7-11/h3-10,16H,2,18H2,1H3. The quantitative estimate of drug-likeness (QED) is 0.531. The van der Waals surface area contributed by atoms with E-state index in [-0.39, 0.29) is 5.70 Å². The van der Waals surface area contributed by atoms with Gasteiger partial charge < -0.3 is 15.2 Å². The number of nitrogen functional groups attached to an aromatic ring is 1. The number of nitrogens with zero attached hydrogens (tertiary/aromatic N) is 1. The summed E-state index contributed by atoms with van der Waals surface area (Å²) < 4.78 is 11.5. The van der Waals surface area contributed by atoms with Crippen molar-refractivity contribution < 1.29 is 14.4 Å². The SMILES string of the molecule is CCOc1cccc2c1OC(c1ccc(N)cc1)C([N+](=O)[O-])=C2. The molecule has 0 saturated heterocycles. The second-order valence-electron chi connectivity index (χ2n) is 5.10. The van der Waals surface area contributed by atoms with Crippen LogP contribution in [0.5, 0.6) is 11.5 Å². The van der Waals surface area contributed by atoms with Crippen LogP contribution in [0.4, 0.5) is 5.69 Å². The number of para-hydroxylation sites is 1. The van der Waals surface area contributed by atoms with Crippen LogP contribution in [-0.2, 0) is 0 Å². The first-order valence-electron chi connectivity index (χ1n) is 7.24. The van der Waals surface area contributed by atoms with Crippen LogP contribution in [0.2, 0.25) is 0 Å². The lowest BCUT2D eigenvalue weighted by atomic mass is 10.0. The number of fused-ring (bicyclic) bond motifs is 1. The van der Waals surface area contributed by atoms with Crippen LogP contribution in [0.15, 0.2) is 48.2 Å². The van der Waals surface area contributed by atoms with Crippen molar-refractivity contribution in [2.45, 2.75) is 13.0 Å². The average molecular weight is 312 g/mol. The summed E-state index contributed by atoms with van der Waals surface area (Å²) in [7, 11) is 0. The monoisotopic (exact) mass is 312 g/mol. The van der Waals surface area contributed by atoms with E-state index in [9.17, 15) is 10.1 Å². The van der Waals surface area contributed by atoms with Gasteiger partial charge in [0.2, 0.25) is 6.10 Å². The van der Waals surface area contributed by atoms with E-state index < -0.39 is 11.0 Å². The maximum atomic E-state index is 11.4. The minimum Gasteiger partial charge on any atom is -0.490 e. The van der Waals surface area contributed by atoms with Crippen molar-refractivity contribution in [2.75, 3.05) is 12.3 Å². The third-order valence-electron chi connectivity index (χ3n) is 3.57. The Hall–Kier alpha value is -3.02. The van der Waals surface area contributed by atoms with Gasteiger partial charge in [-0.3, -0.25) is 10.1 Å². The van der Waals surface area contributed by atoms with Gasteiger partial charge in [-0.25, -0.2) is 0 Å². The topological polar surface area (TPSA) is 87.6 Å². The van der Waals surface area contributed by atoms with Crippen LogP contribution in [0.3, 0.4) is 0 Å². The third kappa shape index (κ3) is 2.83. The van der Waals surface area contributed by atoms with Crippen molar-refractivity contribution in [1.29, 1.82) is 0 Å². The molecule has 6 nitrogen and oxygen atoms in total. The van der Waals surface area contributed by atoms with E-state index >= 15 is 0 Å². The van der Waals surface area contributed by atoms with Crippen LogP contribution in [-0.4, -0.2) is 11.5 Å². The molecule has 3 rings (SSSR count). The van der Waals surface area contributed by atoms with Gasteiger partial charge in [0.1, 0.15) is 0 Å². The Balaban J connectivity index is 2.09. The minimum absolute atomic E-state index is 0.0177. The first kappa shape index (κ1) is 14.9. The molecule has 0 radical (unpaired) electrons. The largest absolute Gasteiger partial charge is 0.490 e. The second kappa shape index (κ2) is 6.00. The van der Waals surface area contributed by atoms with Gasteiger partial charge in [0.15, 0.2) is 11.5 Å². The lowest BCUT2D eigenvalue weighted by molar-refractivity contribution is -0.434. The zero-order chi connectivity index (χ0) is 16.4. The van der Waals surface area contributed by atoms with E-state index in [1.165, 1.54) is 6.08 Å². The Bertz CT molecular complexity index is 769. The van der Waals surface area contributed by atoms with Crippen molar-refractivity contribution in [2.24, 2.45) is 0 Å². The molecule has 0 saturated carbocycles. The molecule has 0 aliphatic carbocycles. The predicted molar refractivity (Wildman–Crippen MR) is 86.8 cm³/mol. The van der Waals surface area contributed by atoms with Gasteiger partial charge in [-0.05, 0) is 25.1 Å². The molecule has 1 heterocycles. The lowest BCUT2D eigenvalue weighted by Crippen LogP contribution is -2.20. The first-order chi connectivity index (χ1) is 11.1.